The fourth-order valence-electron chi connectivity index (χ4n) is 4.38. The lowest BCUT2D eigenvalue weighted by molar-refractivity contribution is 0.340. The van der Waals surface area contributed by atoms with E-state index < -0.39 is 10.0 Å². The number of anilines is 2. The number of furan rings is 1. The first-order valence-electron chi connectivity index (χ1n) is 11.7. The highest BCUT2D eigenvalue weighted by molar-refractivity contribution is 7.92. The molecule has 2 aromatic carbocycles. The molecule has 0 amide bonds. The highest BCUT2D eigenvalue weighted by Gasteiger charge is 2.42. The Hall–Kier alpha value is -3.89. The van der Waals surface area contributed by atoms with Gasteiger partial charge >= 0.3 is 0 Å². The number of hydrogen-bond acceptors (Lipinski definition) is 6. The molecule has 1 saturated heterocycles. The summed E-state index contributed by atoms with van der Waals surface area (Å²) in [5, 5.41) is 3.91. The monoisotopic (exact) mass is 534 g/mol. The summed E-state index contributed by atoms with van der Waals surface area (Å²) in [6.07, 6.45) is 2.87. The topological polar surface area (TPSA) is 96.7 Å². The Labute approximate surface area is 221 Å². The van der Waals surface area contributed by atoms with Gasteiger partial charge in [0.15, 0.2) is 5.11 Å². The van der Waals surface area contributed by atoms with Crippen LogP contribution in [0.4, 0.5) is 11.4 Å². The average Bonchev–Trinajstić information content (AvgIpc) is 3.50. The first-order valence-corrected chi connectivity index (χ1v) is 14.0. The van der Waals surface area contributed by atoms with Crippen molar-refractivity contribution in [1.29, 1.82) is 0 Å². The summed E-state index contributed by atoms with van der Waals surface area (Å²) < 4.78 is 37.7. The van der Waals surface area contributed by atoms with E-state index in [0.717, 1.165) is 34.7 Å². The number of benzene rings is 2. The summed E-state index contributed by atoms with van der Waals surface area (Å²) in [5.41, 5.74) is 3.02. The SMILES string of the molecule is CCOc1ccc(-c2ccc([C@H]3[C@H](c4ccccn4)NC(=S)N3c3ccc(NS(C)(=O)=O)cc3)o2)cc1. The van der Waals surface area contributed by atoms with Crippen LogP contribution in [0.5, 0.6) is 5.75 Å². The molecule has 2 atom stereocenters. The summed E-state index contributed by atoms with van der Waals surface area (Å²) >= 11 is 5.76. The van der Waals surface area contributed by atoms with Gasteiger partial charge < -0.3 is 19.4 Å². The summed E-state index contributed by atoms with van der Waals surface area (Å²) in [5.74, 6) is 2.24. The van der Waals surface area contributed by atoms with Gasteiger partial charge in [-0.15, -0.1) is 0 Å². The minimum Gasteiger partial charge on any atom is -0.494 e. The lowest BCUT2D eigenvalue weighted by Gasteiger charge is -2.26. The first kappa shape index (κ1) is 24.8. The van der Waals surface area contributed by atoms with Crippen molar-refractivity contribution in [2.45, 2.75) is 19.0 Å². The third-order valence-electron chi connectivity index (χ3n) is 5.91. The second-order valence-corrected chi connectivity index (χ2v) is 10.7. The molecule has 1 aliphatic rings. The predicted molar refractivity (Wildman–Crippen MR) is 148 cm³/mol. The standard InChI is InChI=1S/C27H26N4O4S2/c1-3-34-21-13-7-18(8-14-21)23-15-16-24(35-23)26-25(22-6-4-5-17-28-22)29-27(36)31(26)20-11-9-19(10-12-20)30-37(2,32)33/h4-17,25-26,30H,3H2,1-2H3,(H,29,36)/t25-,26-/m0/s1. The van der Waals surface area contributed by atoms with Crippen LogP contribution < -0.4 is 19.7 Å². The molecule has 0 radical (unpaired) electrons. The molecular weight excluding hydrogens is 508 g/mol. The zero-order chi connectivity index (χ0) is 26.0. The molecule has 0 saturated carbocycles. The molecule has 2 aromatic heterocycles. The minimum atomic E-state index is -3.38. The van der Waals surface area contributed by atoms with Crippen LogP contribution >= 0.6 is 12.2 Å². The zero-order valence-corrected chi connectivity index (χ0v) is 21.9. The Morgan fingerprint density at radius 1 is 1.05 bits per heavy atom. The smallest absolute Gasteiger partial charge is 0.229 e. The van der Waals surface area contributed by atoms with E-state index >= 15 is 0 Å². The molecule has 1 fully saturated rings. The summed E-state index contributed by atoms with van der Waals surface area (Å²) in [6.45, 7) is 2.56. The van der Waals surface area contributed by atoms with Crippen molar-refractivity contribution in [1.82, 2.24) is 10.3 Å². The second-order valence-electron chi connectivity index (χ2n) is 8.58. The van der Waals surface area contributed by atoms with Crippen LogP contribution in [0.1, 0.15) is 30.5 Å². The van der Waals surface area contributed by atoms with E-state index in [0.29, 0.717) is 23.2 Å². The van der Waals surface area contributed by atoms with Crippen molar-refractivity contribution in [3.63, 3.8) is 0 Å². The van der Waals surface area contributed by atoms with Gasteiger partial charge in [-0.3, -0.25) is 9.71 Å². The number of rotatable bonds is 8. The third-order valence-corrected chi connectivity index (χ3v) is 6.84. The number of pyridine rings is 1. The quantitative estimate of drug-likeness (QED) is 0.295. The van der Waals surface area contributed by atoms with Gasteiger partial charge in [-0.05, 0) is 91.9 Å². The van der Waals surface area contributed by atoms with Gasteiger partial charge in [-0.25, -0.2) is 8.42 Å². The molecule has 0 bridgehead atoms. The fourth-order valence-corrected chi connectivity index (χ4v) is 5.29. The number of sulfonamides is 1. The van der Waals surface area contributed by atoms with Gasteiger partial charge in [0.05, 0.1) is 24.6 Å². The Kier molecular flexibility index (Phi) is 6.86. The Balaban J connectivity index is 1.51. The zero-order valence-electron chi connectivity index (χ0n) is 20.3. The molecule has 10 heteroatoms. The second kappa shape index (κ2) is 10.2. The largest absolute Gasteiger partial charge is 0.494 e. The maximum absolute atomic E-state index is 11.6. The van der Waals surface area contributed by atoms with Crippen LogP contribution in [0.25, 0.3) is 11.3 Å². The van der Waals surface area contributed by atoms with Gasteiger partial charge in [0.2, 0.25) is 10.0 Å². The highest BCUT2D eigenvalue weighted by atomic mass is 32.2. The molecule has 3 heterocycles. The Morgan fingerprint density at radius 3 is 2.46 bits per heavy atom. The minimum absolute atomic E-state index is 0.262. The maximum atomic E-state index is 11.6. The molecule has 0 unspecified atom stereocenters. The number of nitrogens with one attached hydrogen (secondary N) is 2. The van der Waals surface area contributed by atoms with Crippen molar-refractivity contribution < 1.29 is 17.6 Å². The molecule has 0 aliphatic carbocycles. The van der Waals surface area contributed by atoms with Crippen molar-refractivity contribution in [2.24, 2.45) is 0 Å². The molecule has 37 heavy (non-hydrogen) atoms. The Bertz CT molecular complexity index is 1490. The van der Waals surface area contributed by atoms with Crippen LogP contribution in [0.15, 0.2) is 89.5 Å². The molecule has 190 valence electrons. The van der Waals surface area contributed by atoms with Gasteiger partial charge in [0.25, 0.3) is 0 Å². The third kappa shape index (κ3) is 5.45. The van der Waals surface area contributed by atoms with E-state index in [4.69, 9.17) is 21.4 Å². The van der Waals surface area contributed by atoms with Crippen molar-refractivity contribution >= 4 is 38.7 Å². The molecule has 8 nitrogen and oxygen atoms in total. The van der Waals surface area contributed by atoms with Gasteiger partial charge in [-0.2, -0.15) is 0 Å². The van der Waals surface area contributed by atoms with E-state index in [9.17, 15) is 8.42 Å². The maximum Gasteiger partial charge on any atom is 0.229 e. The molecular formula is C27H26N4O4S2. The van der Waals surface area contributed by atoms with E-state index in [2.05, 4.69) is 15.0 Å². The van der Waals surface area contributed by atoms with Crippen LogP contribution in [0.3, 0.4) is 0 Å². The summed E-state index contributed by atoms with van der Waals surface area (Å²) in [6, 6.07) is 23.9. The number of ether oxygens (including phenoxy) is 1. The number of aromatic nitrogens is 1. The number of thiocarbonyl (C=S) groups is 1. The number of nitrogens with zero attached hydrogens (tertiary/aromatic N) is 2. The van der Waals surface area contributed by atoms with E-state index in [1.54, 1.807) is 18.3 Å². The van der Waals surface area contributed by atoms with E-state index in [1.165, 1.54) is 0 Å². The molecule has 4 aromatic rings. The van der Waals surface area contributed by atoms with Crippen molar-refractivity contribution in [3.8, 4) is 17.1 Å². The molecule has 5 rings (SSSR count). The number of hydrogen-bond donors (Lipinski definition) is 2. The lowest BCUT2D eigenvalue weighted by Crippen LogP contribution is -2.29. The van der Waals surface area contributed by atoms with Gasteiger partial charge in [0, 0.05) is 23.1 Å². The normalized spacial score (nSPS) is 17.5. The van der Waals surface area contributed by atoms with Crippen LogP contribution in [-0.2, 0) is 10.0 Å². The summed E-state index contributed by atoms with van der Waals surface area (Å²) in [4.78, 5) is 6.54. The average molecular weight is 535 g/mol. The highest BCUT2D eigenvalue weighted by Crippen LogP contribution is 2.43. The predicted octanol–water partition coefficient (Wildman–Crippen LogP) is 5.29. The summed E-state index contributed by atoms with van der Waals surface area (Å²) in [7, 11) is -3.38. The van der Waals surface area contributed by atoms with Gasteiger partial charge in [-0.1, -0.05) is 6.07 Å². The molecule has 1 aliphatic heterocycles. The van der Waals surface area contributed by atoms with Crippen LogP contribution in [-0.4, -0.2) is 31.4 Å². The van der Waals surface area contributed by atoms with E-state index in [-0.39, 0.29) is 12.1 Å². The fraction of sp³-hybridized carbons (Fsp3) is 0.185. The molecule has 2 N–H and O–H groups in total. The van der Waals surface area contributed by atoms with Crippen molar-refractivity contribution in [3.05, 3.63) is 96.5 Å². The lowest BCUT2D eigenvalue weighted by atomic mass is 10.0. The van der Waals surface area contributed by atoms with Crippen LogP contribution in [0, 0.1) is 0 Å². The van der Waals surface area contributed by atoms with Crippen molar-refractivity contribution in [2.75, 3.05) is 22.5 Å². The van der Waals surface area contributed by atoms with Crippen LogP contribution in [0.2, 0.25) is 0 Å². The van der Waals surface area contributed by atoms with Gasteiger partial charge in [0.1, 0.15) is 23.3 Å². The Morgan fingerprint density at radius 2 is 1.81 bits per heavy atom. The molecule has 0 spiro atoms. The first-order chi connectivity index (χ1) is 17.8. The van der Waals surface area contributed by atoms with E-state index in [1.807, 2.05) is 78.6 Å².